The first-order chi connectivity index (χ1) is 14.5. The quantitative estimate of drug-likeness (QED) is 0.552. The number of piperidine rings is 1. The summed E-state index contributed by atoms with van der Waals surface area (Å²) in [7, 11) is -3.81. The van der Waals surface area contributed by atoms with E-state index in [2.05, 4.69) is 0 Å². The average Bonchev–Trinajstić information content (AvgIpc) is 2.73. The van der Waals surface area contributed by atoms with E-state index in [0.717, 1.165) is 0 Å². The molecule has 1 aliphatic rings. The highest BCUT2D eigenvalue weighted by molar-refractivity contribution is 7.89. The number of sulfonamides is 1. The van der Waals surface area contributed by atoms with E-state index in [9.17, 15) is 31.2 Å². The Morgan fingerprint density at radius 2 is 1.71 bits per heavy atom. The third-order valence-electron chi connectivity index (χ3n) is 5.16. The maximum absolute atomic E-state index is 12.9. The highest BCUT2D eigenvalue weighted by Gasteiger charge is 2.35. The van der Waals surface area contributed by atoms with Gasteiger partial charge in [-0.15, -0.1) is 0 Å². The number of carbonyl (C=O) groups is 2. The van der Waals surface area contributed by atoms with Crippen LogP contribution in [0.15, 0.2) is 29.2 Å². The van der Waals surface area contributed by atoms with E-state index < -0.39 is 41.1 Å². The topological polar surface area (TPSA) is 84.0 Å². The van der Waals surface area contributed by atoms with Crippen LogP contribution in [-0.4, -0.2) is 68.5 Å². The molecule has 1 aliphatic heterocycles. The zero-order chi connectivity index (χ0) is 23.2. The van der Waals surface area contributed by atoms with E-state index >= 15 is 0 Å². The van der Waals surface area contributed by atoms with Gasteiger partial charge in [0.15, 0.2) is 0 Å². The predicted octanol–water partition coefficient (Wildman–Crippen LogP) is 3.06. The standard InChI is InChI=1S/C20H27F3N2O5S/c1-3-24(14-11-20(21,22)23)18(26)15-9-12-25(13-10-15)31(28,29)17-7-5-16(6-8-17)19(27)30-4-2/h5-8,15H,3-4,9-14H2,1-2H3. The van der Waals surface area contributed by atoms with Crippen LogP contribution in [0.5, 0.6) is 0 Å². The number of rotatable bonds is 8. The zero-order valence-corrected chi connectivity index (χ0v) is 18.3. The third kappa shape index (κ3) is 6.67. The second kappa shape index (κ2) is 10.4. The normalized spacial score (nSPS) is 16.2. The summed E-state index contributed by atoms with van der Waals surface area (Å²) in [5, 5.41) is 0. The summed E-state index contributed by atoms with van der Waals surface area (Å²) in [6, 6.07) is 5.41. The minimum absolute atomic E-state index is 0.0192. The Kier molecular flexibility index (Phi) is 8.47. The van der Waals surface area contributed by atoms with Gasteiger partial charge in [-0.1, -0.05) is 0 Å². The van der Waals surface area contributed by atoms with Gasteiger partial charge >= 0.3 is 12.1 Å². The Balaban J connectivity index is 1.99. The molecule has 0 atom stereocenters. The largest absolute Gasteiger partial charge is 0.462 e. The monoisotopic (exact) mass is 464 g/mol. The van der Waals surface area contributed by atoms with Crippen molar-refractivity contribution in [3.63, 3.8) is 0 Å². The van der Waals surface area contributed by atoms with Gasteiger partial charge in [0, 0.05) is 32.1 Å². The fourth-order valence-corrected chi connectivity index (χ4v) is 4.88. The van der Waals surface area contributed by atoms with Crippen LogP contribution in [0.1, 0.15) is 43.5 Å². The summed E-state index contributed by atoms with van der Waals surface area (Å²) in [5.74, 6) is -1.43. The van der Waals surface area contributed by atoms with Crippen LogP contribution in [0, 0.1) is 5.92 Å². The molecule has 0 bridgehead atoms. The molecular formula is C20H27F3N2O5S. The maximum Gasteiger partial charge on any atom is 0.390 e. The van der Waals surface area contributed by atoms with Crippen molar-refractivity contribution in [1.82, 2.24) is 9.21 Å². The van der Waals surface area contributed by atoms with Crippen LogP contribution >= 0.6 is 0 Å². The number of hydrogen-bond donors (Lipinski definition) is 0. The average molecular weight is 465 g/mol. The molecule has 1 aromatic rings. The first-order valence-corrected chi connectivity index (χ1v) is 11.6. The number of amides is 1. The van der Waals surface area contributed by atoms with Gasteiger partial charge < -0.3 is 9.64 Å². The molecule has 1 amide bonds. The summed E-state index contributed by atoms with van der Waals surface area (Å²) < 4.78 is 69.3. The zero-order valence-electron chi connectivity index (χ0n) is 17.5. The van der Waals surface area contributed by atoms with Crippen molar-refractivity contribution in [3.8, 4) is 0 Å². The molecule has 31 heavy (non-hydrogen) atoms. The van der Waals surface area contributed by atoms with Crippen LogP contribution in [0.4, 0.5) is 13.2 Å². The molecule has 7 nitrogen and oxygen atoms in total. The molecule has 0 unspecified atom stereocenters. The summed E-state index contributed by atoms with van der Waals surface area (Å²) in [6.45, 7) is 3.45. The fourth-order valence-electron chi connectivity index (χ4n) is 3.41. The summed E-state index contributed by atoms with van der Waals surface area (Å²) in [4.78, 5) is 25.5. The fraction of sp³-hybridized carbons (Fsp3) is 0.600. The first-order valence-electron chi connectivity index (χ1n) is 10.1. The second-order valence-electron chi connectivity index (χ2n) is 7.21. The van der Waals surface area contributed by atoms with Gasteiger partial charge in [-0.3, -0.25) is 4.79 Å². The lowest BCUT2D eigenvalue weighted by atomic mass is 9.96. The van der Waals surface area contributed by atoms with Crippen molar-refractivity contribution < 1.29 is 35.9 Å². The molecule has 1 saturated heterocycles. The lowest BCUT2D eigenvalue weighted by Gasteiger charge is -2.33. The SMILES string of the molecule is CCOC(=O)c1ccc(S(=O)(=O)N2CCC(C(=O)N(CC)CCC(F)(F)F)CC2)cc1. The van der Waals surface area contributed by atoms with E-state index in [4.69, 9.17) is 4.74 Å². The highest BCUT2D eigenvalue weighted by atomic mass is 32.2. The number of hydrogen-bond acceptors (Lipinski definition) is 5. The van der Waals surface area contributed by atoms with Crippen molar-refractivity contribution in [2.45, 2.75) is 44.2 Å². The van der Waals surface area contributed by atoms with Crippen LogP contribution in [0.25, 0.3) is 0 Å². The van der Waals surface area contributed by atoms with Crippen LogP contribution in [0.2, 0.25) is 0 Å². The number of ether oxygens (including phenoxy) is 1. The number of esters is 1. The number of benzene rings is 1. The lowest BCUT2D eigenvalue weighted by Crippen LogP contribution is -2.45. The molecule has 1 aromatic carbocycles. The molecule has 0 aliphatic carbocycles. The number of halogens is 3. The minimum Gasteiger partial charge on any atom is -0.462 e. The molecule has 0 aromatic heterocycles. The second-order valence-corrected chi connectivity index (χ2v) is 9.14. The molecule has 11 heteroatoms. The molecule has 0 spiro atoms. The van der Waals surface area contributed by atoms with E-state index in [1.807, 2.05) is 0 Å². The predicted molar refractivity (Wildman–Crippen MR) is 107 cm³/mol. The van der Waals surface area contributed by atoms with Crippen molar-refractivity contribution in [1.29, 1.82) is 0 Å². The van der Waals surface area contributed by atoms with Gasteiger partial charge in [0.2, 0.25) is 15.9 Å². The summed E-state index contributed by atoms with van der Waals surface area (Å²) >= 11 is 0. The van der Waals surface area contributed by atoms with Gasteiger partial charge in [-0.25, -0.2) is 13.2 Å². The van der Waals surface area contributed by atoms with Crippen LogP contribution in [0.3, 0.4) is 0 Å². The van der Waals surface area contributed by atoms with Crippen molar-refractivity contribution in [3.05, 3.63) is 29.8 Å². The van der Waals surface area contributed by atoms with Gasteiger partial charge in [0.1, 0.15) is 0 Å². The smallest absolute Gasteiger partial charge is 0.390 e. The number of carbonyl (C=O) groups excluding carboxylic acids is 2. The molecule has 2 rings (SSSR count). The van der Waals surface area contributed by atoms with Crippen molar-refractivity contribution in [2.75, 3.05) is 32.8 Å². The van der Waals surface area contributed by atoms with E-state index in [1.54, 1.807) is 13.8 Å². The molecule has 0 radical (unpaired) electrons. The highest BCUT2D eigenvalue weighted by Crippen LogP contribution is 2.26. The molecule has 1 fully saturated rings. The maximum atomic E-state index is 12.9. The third-order valence-corrected chi connectivity index (χ3v) is 7.08. The summed E-state index contributed by atoms with van der Waals surface area (Å²) in [5.41, 5.74) is 0.239. The number of nitrogens with zero attached hydrogens (tertiary/aromatic N) is 2. The van der Waals surface area contributed by atoms with Gasteiger partial charge in [-0.2, -0.15) is 17.5 Å². The van der Waals surface area contributed by atoms with Gasteiger partial charge in [0.05, 0.1) is 23.5 Å². The summed E-state index contributed by atoms with van der Waals surface area (Å²) in [6.07, 6.45) is -4.93. The molecule has 0 N–H and O–H groups in total. The van der Waals surface area contributed by atoms with Crippen molar-refractivity contribution in [2.24, 2.45) is 5.92 Å². The van der Waals surface area contributed by atoms with E-state index in [0.29, 0.717) is 0 Å². The Labute approximate surface area is 180 Å². The Morgan fingerprint density at radius 3 is 2.19 bits per heavy atom. The van der Waals surface area contributed by atoms with Gasteiger partial charge in [0.25, 0.3) is 0 Å². The Morgan fingerprint density at radius 1 is 1.13 bits per heavy atom. The molecule has 0 saturated carbocycles. The lowest BCUT2D eigenvalue weighted by molar-refractivity contribution is -0.148. The molecule has 174 valence electrons. The minimum atomic E-state index is -4.34. The van der Waals surface area contributed by atoms with E-state index in [-0.39, 0.29) is 55.4 Å². The first kappa shape index (κ1) is 25.1. The molecule has 1 heterocycles. The van der Waals surface area contributed by atoms with Gasteiger partial charge in [-0.05, 0) is 51.0 Å². The van der Waals surface area contributed by atoms with Crippen molar-refractivity contribution >= 4 is 21.9 Å². The molecular weight excluding hydrogens is 437 g/mol. The Bertz CT molecular complexity index is 864. The number of alkyl halides is 3. The Hall–Kier alpha value is -2.14. The van der Waals surface area contributed by atoms with E-state index in [1.165, 1.54) is 33.5 Å². The van der Waals surface area contributed by atoms with Crippen LogP contribution in [-0.2, 0) is 19.6 Å². The van der Waals surface area contributed by atoms with Crippen LogP contribution < -0.4 is 0 Å².